The molecule has 0 fully saturated rings. The van der Waals surface area contributed by atoms with E-state index in [4.69, 9.17) is 33.8 Å². The molecule has 0 heterocycles. The third-order valence-corrected chi connectivity index (χ3v) is 4.63. The van der Waals surface area contributed by atoms with Gasteiger partial charge in [0.25, 0.3) is 0 Å². The first kappa shape index (κ1) is 14.1. The van der Waals surface area contributed by atoms with Crippen molar-refractivity contribution >= 4 is 40.5 Å². The van der Waals surface area contributed by atoms with Gasteiger partial charge in [0, 0.05) is 5.88 Å². The summed E-state index contributed by atoms with van der Waals surface area (Å²) in [5.41, 5.74) is 0. The van der Waals surface area contributed by atoms with Gasteiger partial charge in [0.1, 0.15) is 0 Å². The van der Waals surface area contributed by atoms with E-state index in [-0.39, 0.29) is 0 Å². The van der Waals surface area contributed by atoms with Crippen molar-refractivity contribution in [2.45, 2.75) is 51.1 Å². The van der Waals surface area contributed by atoms with Crippen molar-refractivity contribution in [3.8, 4) is 0 Å². The van der Waals surface area contributed by atoms with Gasteiger partial charge in [-0.05, 0) is 19.0 Å². The molecule has 0 saturated heterocycles. The highest BCUT2D eigenvalue weighted by Crippen LogP contribution is 2.23. The van der Waals surface area contributed by atoms with Crippen molar-refractivity contribution < 1.29 is 0 Å². The summed E-state index contributed by atoms with van der Waals surface area (Å²) in [4.78, 5) is 0. The Bertz CT molecular complexity index is 112. The van der Waals surface area contributed by atoms with Crippen LogP contribution in [0.5, 0.6) is 0 Å². The first-order valence-electron chi connectivity index (χ1n) is 5.00. The molecule has 0 radical (unpaired) electrons. The molecule has 4 heteroatoms. The molecule has 0 rings (SSSR count). The van der Waals surface area contributed by atoms with Crippen LogP contribution >= 0.6 is 33.8 Å². The van der Waals surface area contributed by atoms with Crippen molar-refractivity contribution in [2.24, 2.45) is 0 Å². The minimum Gasteiger partial charge on any atom is -0.146 e. The van der Waals surface area contributed by atoms with Crippen molar-refractivity contribution in [1.29, 1.82) is 0 Å². The Balaban J connectivity index is 3.00. The monoisotopic (exact) mass is 260 g/mol. The topological polar surface area (TPSA) is 0 Å². The van der Waals surface area contributed by atoms with Gasteiger partial charge in [-0.2, -0.15) is 0 Å². The maximum atomic E-state index is 5.98. The maximum Gasteiger partial charge on any atom is 0.248 e. The predicted molar refractivity (Wildman–Crippen MR) is 66.6 cm³/mol. The van der Waals surface area contributed by atoms with Gasteiger partial charge in [0.05, 0.1) is 0 Å². The fourth-order valence-electron chi connectivity index (χ4n) is 1.24. The van der Waals surface area contributed by atoms with Crippen LogP contribution in [0.2, 0.25) is 12.6 Å². The molecular weight excluding hydrogens is 243 g/mol. The lowest BCUT2D eigenvalue weighted by molar-refractivity contribution is 0.625. The number of rotatable bonds is 8. The quantitative estimate of drug-likeness (QED) is 0.246. The van der Waals surface area contributed by atoms with Crippen LogP contribution in [0.4, 0.5) is 0 Å². The number of hydrogen-bond acceptors (Lipinski definition) is 0. The lowest BCUT2D eigenvalue weighted by Crippen LogP contribution is -2.11. The highest BCUT2D eigenvalue weighted by atomic mass is 35.7. The van der Waals surface area contributed by atoms with Crippen molar-refractivity contribution in [3.05, 3.63) is 0 Å². The molecule has 13 heavy (non-hydrogen) atoms. The van der Waals surface area contributed by atoms with Gasteiger partial charge in [-0.25, -0.2) is 0 Å². The lowest BCUT2D eigenvalue weighted by Gasteiger charge is -2.08. The molecule has 0 aromatic heterocycles. The van der Waals surface area contributed by atoms with Crippen LogP contribution in [0.1, 0.15) is 38.5 Å². The lowest BCUT2D eigenvalue weighted by atomic mass is 10.1. The summed E-state index contributed by atoms with van der Waals surface area (Å²) < 4.78 is 0. The maximum absolute atomic E-state index is 5.98. The third kappa shape index (κ3) is 13.1. The van der Waals surface area contributed by atoms with Crippen molar-refractivity contribution in [2.75, 3.05) is 5.88 Å². The fourth-order valence-corrected chi connectivity index (χ4v) is 3.10. The summed E-state index contributed by atoms with van der Waals surface area (Å²) in [6.07, 6.45) is 7.48. The second-order valence-electron chi connectivity index (χ2n) is 3.63. The average molecular weight is 262 g/mol. The Morgan fingerprint density at radius 3 is 1.77 bits per heavy atom. The Morgan fingerprint density at radius 1 is 0.846 bits per heavy atom. The summed E-state index contributed by atoms with van der Waals surface area (Å²) in [5.74, 6) is 0.800. The van der Waals surface area contributed by atoms with Crippen LogP contribution in [0.15, 0.2) is 0 Å². The van der Waals surface area contributed by atoms with Gasteiger partial charge >= 0.3 is 0 Å². The Kier molecular flexibility index (Phi) is 9.10. The van der Waals surface area contributed by atoms with E-state index in [1.807, 2.05) is 6.55 Å². The number of hydrogen-bond donors (Lipinski definition) is 0. The zero-order valence-corrected chi connectivity index (χ0v) is 11.6. The molecular formula is C9H19Cl3Si. The van der Waals surface area contributed by atoms with E-state index >= 15 is 0 Å². The second-order valence-corrected chi connectivity index (χ2v) is 12.2. The van der Waals surface area contributed by atoms with Gasteiger partial charge in [-0.3, -0.25) is 0 Å². The Morgan fingerprint density at radius 2 is 1.31 bits per heavy atom. The molecule has 0 saturated carbocycles. The molecule has 0 aromatic carbocycles. The normalized spacial score (nSPS) is 12.0. The predicted octanol–water partition coefficient (Wildman–Crippen LogP) is 5.12. The van der Waals surface area contributed by atoms with Gasteiger partial charge in [-0.1, -0.05) is 32.1 Å². The van der Waals surface area contributed by atoms with Gasteiger partial charge in [0.15, 0.2) is 0 Å². The largest absolute Gasteiger partial charge is 0.248 e. The van der Waals surface area contributed by atoms with E-state index in [0.29, 0.717) is 0 Å². The molecule has 0 aromatic rings. The van der Waals surface area contributed by atoms with Gasteiger partial charge in [0.2, 0.25) is 6.69 Å². The van der Waals surface area contributed by atoms with Crippen LogP contribution in [0.25, 0.3) is 0 Å². The first-order chi connectivity index (χ1) is 6.06. The molecule has 0 N–H and O–H groups in total. The third-order valence-electron chi connectivity index (χ3n) is 2.00. The Hall–Kier alpha value is 1.09. The molecule has 0 nitrogen and oxygen atoms in total. The zero-order chi connectivity index (χ0) is 10.2. The van der Waals surface area contributed by atoms with Crippen LogP contribution in [0.3, 0.4) is 0 Å². The van der Waals surface area contributed by atoms with Gasteiger partial charge < -0.3 is 0 Å². The molecule has 0 amide bonds. The van der Waals surface area contributed by atoms with Crippen molar-refractivity contribution in [3.63, 3.8) is 0 Å². The number of alkyl halides is 1. The standard InChI is InChI=1S/C9H19Cl3Si/c1-13(11,12)9-7-5-3-2-4-6-8-10/h2-9H2,1H3. The molecule has 80 valence electrons. The van der Waals surface area contributed by atoms with Crippen LogP contribution in [-0.4, -0.2) is 12.6 Å². The second kappa shape index (κ2) is 8.40. The van der Waals surface area contributed by atoms with E-state index in [1.165, 1.54) is 32.1 Å². The van der Waals surface area contributed by atoms with Crippen LogP contribution in [0, 0.1) is 0 Å². The van der Waals surface area contributed by atoms with Gasteiger partial charge in [-0.15, -0.1) is 33.8 Å². The molecule has 0 aliphatic heterocycles. The summed E-state index contributed by atoms with van der Waals surface area (Å²) in [6, 6.07) is 1.03. The highest BCUT2D eigenvalue weighted by molar-refractivity contribution is 7.44. The van der Waals surface area contributed by atoms with E-state index in [2.05, 4.69) is 0 Å². The fraction of sp³-hybridized carbons (Fsp3) is 1.00. The number of halogens is 3. The Labute approximate surface area is 97.4 Å². The van der Waals surface area contributed by atoms with E-state index < -0.39 is 6.69 Å². The molecule has 0 atom stereocenters. The summed E-state index contributed by atoms with van der Waals surface area (Å²) in [7, 11) is 0. The molecule has 0 bridgehead atoms. The number of unbranched alkanes of at least 4 members (excludes halogenated alkanes) is 5. The minimum atomic E-state index is -1.81. The minimum absolute atomic E-state index is 0.800. The van der Waals surface area contributed by atoms with E-state index in [1.54, 1.807) is 0 Å². The van der Waals surface area contributed by atoms with E-state index in [0.717, 1.165) is 18.3 Å². The summed E-state index contributed by atoms with van der Waals surface area (Å²) in [6.45, 7) is 0.180. The average Bonchev–Trinajstić information content (AvgIpc) is 2.01. The summed E-state index contributed by atoms with van der Waals surface area (Å²) >= 11 is 17.5. The smallest absolute Gasteiger partial charge is 0.146 e. The SMILES string of the molecule is C[Si](Cl)(Cl)CCCCCCCCCl. The molecule has 0 aliphatic carbocycles. The molecule has 0 spiro atoms. The highest BCUT2D eigenvalue weighted by Gasteiger charge is 2.19. The van der Waals surface area contributed by atoms with Crippen LogP contribution in [-0.2, 0) is 0 Å². The summed E-state index contributed by atoms with van der Waals surface area (Å²) in [5, 5.41) is 0. The van der Waals surface area contributed by atoms with E-state index in [9.17, 15) is 0 Å². The molecule has 0 unspecified atom stereocenters. The van der Waals surface area contributed by atoms with Crippen LogP contribution < -0.4 is 0 Å². The zero-order valence-electron chi connectivity index (χ0n) is 8.29. The van der Waals surface area contributed by atoms with Crippen molar-refractivity contribution in [1.82, 2.24) is 0 Å². The first-order valence-corrected chi connectivity index (χ1v) is 10.3. The molecule has 0 aliphatic rings.